The summed E-state index contributed by atoms with van der Waals surface area (Å²) >= 11 is 7.79. The molecule has 13 heteroatoms. The van der Waals surface area contributed by atoms with Gasteiger partial charge in [0.1, 0.15) is 23.4 Å². The third kappa shape index (κ3) is 7.25. The van der Waals surface area contributed by atoms with Gasteiger partial charge in [0, 0.05) is 27.7 Å². The molecular formula is C38H38ClN7O4S. The Morgan fingerprint density at radius 2 is 1.78 bits per heavy atom. The number of thioether (sulfide) groups is 1. The molecule has 3 aromatic carbocycles. The van der Waals surface area contributed by atoms with Crippen molar-refractivity contribution in [2.24, 2.45) is 0 Å². The maximum Gasteiger partial charge on any atom is 0.320 e. The van der Waals surface area contributed by atoms with Crippen molar-refractivity contribution in [3.63, 3.8) is 0 Å². The first-order valence-electron chi connectivity index (χ1n) is 16.7. The SMILES string of the molecule is CC(C)(C)c1cc(NC(=O)NC2CCC(Oc3ccc4nnc(-c5ccccc5SCCO)n4c3)c3ccccc32)n(-c2ccc(O)c(Cl)c2)n1. The zero-order valence-corrected chi connectivity index (χ0v) is 29.9. The molecule has 262 valence electrons. The van der Waals surface area contributed by atoms with E-state index >= 15 is 0 Å². The Morgan fingerprint density at radius 3 is 2.57 bits per heavy atom. The zero-order valence-electron chi connectivity index (χ0n) is 28.4. The summed E-state index contributed by atoms with van der Waals surface area (Å²) in [5.41, 5.74) is 4.73. The number of rotatable bonds is 9. The lowest BCUT2D eigenvalue weighted by Gasteiger charge is -2.32. The number of aromatic nitrogens is 5. The number of pyridine rings is 1. The number of nitrogens with one attached hydrogen (secondary N) is 2. The minimum atomic E-state index is -0.372. The number of hydrogen-bond acceptors (Lipinski definition) is 8. The summed E-state index contributed by atoms with van der Waals surface area (Å²) in [6, 6.07) is 25.8. The van der Waals surface area contributed by atoms with Gasteiger partial charge in [-0.2, -0.15) is 5.10 Å². The van der Waals surface area contributed by atoms with Crippen LogP contribution >= 0.6 is 23.4 Å². The maximum absolute atomic E-state index is 13.6. The predicted molar refractivity (Wildman–Crippen MR) is 199 cm³/mol. The first-order chi connectivity index (χ1) is 24.6. The lowest BCUT2D eigenvalue weighted by atomic mass is 9.85. The third-order valence-corrected chi connectivity index (χ3v) is 10.1. The first kappa shape index (κ1) is 34.4. The summed E-state index contributed by atoms with van der Waals surface area (Å²) in [4.78, 5) is 14.6. The molecule has 0 fully saturated rings. The van der Waals surface area contributed by atoms with Crippen LogP contribution in [-0.4, -0.2) is 53.0 Å². The smallest absolute Gasteiger partial charge is 0.320 e. The summed E-state index contributed by atoms with van der Waals surface area (Å²) in [5.74, 6) is 2.39. The number of phenols is 1. The second-order valence-corrected chi connectivity index (χ2v) is 14.9. The fourth-order valence-electron chi connectivity index (χ4n) is 6.22. The number of urea groups is 1. The van der Waals surface area contributed by atoms with Crippen molar-refractivity contribution >= 4 is 40.9 Å². The highest BCUT2D eigenvalue weighted by Gasteiger charge is 2.30. The monoisotopic (exact) mass is 723 g/mol. The average Bonchev–Trinajstić information content (AvgIpc) is 3.74. The van der Waals surface area contributed by atoms with Crippen molar-refractivity contribution in [2.45, 2.75) is 56.1 Å². The number of anilines is 1. The van der Waals surface area contributed by atoms with Crippen LogP contribution in [0.25, 0.3) is 22.7 Å². The molecule has 0 aliphatic heterocycles. The summed E-state index contributed by atoms with van der Waals surface area (Å²) in [7, 11) is 0. The molecule has 2 atom stereocenters. The number of fused-ring (bicyclic) bond motifs is 2. The van der Waals surface area contributed by atoms with E-state index in [1.165, 1.54) is 6.07 Å². The molecule has 3 heterocycles. The van der Waals surface area contributed by atoms with Gasteiger partial charge in [-0.15, -0.1) is 22.0 Å². The fourth-order valence-corrected chi connectivity index (χ4v) is 7.19. The number of carbonyl (C=O) groups excluding carboxylic acids is 1. The Hall–Kier alpha value is -5.04. The van der Waals surface area contributed by atoms with Crippen LogP contribution in [0.4, 0.5) is 10.6 Å². The van der Waals surface area contributed by atoms with Crippen LogP contribution in [0.1, 0.15) is 62.6 Å². The Morgan fingerprint density at radius 1 is 1.00 bits per heavy atom. The van der Waals surface area contributed by atoms with Gasteiger partial charge >= 0.3 is 6.03 Å². The van der Waals surface area contributed by atoms with Gasteiger partial charge in [0.2, 0.25) is 0 Å². The average molecular weight is 724 g/mol. The van der Waals surface area contributed by atoms with Crippen LogP contribution in [0.15, 0.2) is 96.0 Å². The molecule has 2 unspecified atom stereocenters. The second kappa shape index (κ2) is 14.3. The highest BCUT2D eigenvalue weighted by atomic mass is 35.5. The molecule has 7 rings (SSSR count). The molecule has 0 saturated heterocycles. The van der Waals surface area contributed by atoms with E-state index in [-0.39, 0.29) is 41.0 Å². The number of benzene rings is 3. The number of carbonyl (C=O) groups is 1. The van der Waals surface area contributed by atoms with Gasteiger partial charge in [-0.25, -0.2) is 9.48 Å². The highest BCUT2D eigenvalue weighted by Crippen LogP contribution is 2.39. The van der Waals surface area contributed by atoms with Crippen molar-refractivity contribution in [3.8, 4) is 28.6 Å². The number of aliphatic hydroxyl groups is 1. The number of amides is 2. The van der Waals surface area contributed by atoms with E-state index in [0.717, 1.165) is 27.3 Å². The van der Waals surface area contributed by atoms with Crippen molar-refractivity contribution in [1.29, 1.82) is 0 Å². The van der Waals surface area contributed by atoms with Crippen LogP contribution < -0.4 is 15.4 Å². The number of phenolic OH excluding ortho intramolecular Hbond substituents is 1. The van der Waals surface area contributed by atoms with Gasteiger partial charge in [-0.1, -0.05) is 74.8 Å². The van der Waals surface area contributed by atoms with Gasteiger partial charge in [0.05, 0.1) is 35.2 Å². The molecule has 1 aliphatic carbocycles. The molecule has 2 amide bonds. The van der Waals surface area contributed by atoms with E-state index in [2.05, 4.69) is 20.8 Å². The molecule has 1 aliphatic rings. The molecular weight excluding hydrogens is 686 g/mol. The lowest BCUT2D eigenvalue weighted by Crippen LogP contribution is -2.36. The summed E-state index contributed by atoms with van der Waals surface area (Å²) < 4.78 is 10.2. The topological polar surface area (TPSA) is 139 Å². The van der Waals surface area contributed by atoms with Gasteiger partial charge in [0.15, 0.2) is 11.5 Å². The molecule has 6 aromatic rings. The van der Waals surface area contributed by atoms with Crippen molar-refractivity contribution in [3.05, 3.63) is 113 Å². The molecule has 0 spiro atoms. The Kier molecular flexibility index (Phi) is 9.65. The largest absolute Gasteiger partial charge is 0.506 e. The van der Waals surface area contributed by atoms with E-state index in [1.54, 1.807) is 28.6 Å². The van der Waals surface area contributed by atoms with Crippen LogP contribution in [0.5, 0.6) is 11.5 Å². The van der Waals surface area contributed by atoms with E-state index in [9.17, 15) is 15.0 Å². The minimum Gasteiger partial charge on any atom is -0.506 e. The summed E-state index contributed by atoms with van der Waals surface area (Å²) in [6.07, 6.45) is 3.01. The second-order valence-electron chi connectivity index (χ2n) is 13.4. The zero-order chi connectivity index (χ0) is 35.7. The van der Waals surface area contributed by atoms with Crippen molar-refractivity contribution < 1.29 is 19.7 Å². The molecule has 0 saturated carbocycles. The van der Waals surface area contributed by atoms with Gasteiger partial charge in [0.25, 0.3) is 0 Å². The van der Waals surface area contributed by atoms with Crippen molar-refractivity contribution in [1.82, 2.24) is 29.7 Å². The minimum absolute atomic E-state index is 0.0339. The van der Waals surface area contributed by atoms with Crippen LogP contribution in [-0.2, 0) is 5.41 Å². The highest BCUT2D eigenvalue weighted by molar-refractivity contribution is 7.99. The van der Waals surface area contributed by atoms with Crippen LogP contribution in [0, 0.1) is 0 Å². The van der Waals surface area contributed by atoms with Crippen molar-refractivity contribution in [2.75, 3.05) is 17.7 Å². The van der Waals surface area contributed by atoms with Gasteiger partial charge in [-0.3, -0.25) is 9.72 Å². The molecule has 0 radical (unpaired) electrons. The Bertz CT molecular complexity index is 2210. The fraction of sp³-hybridized carbons (Fsp3) is 0.263. The first-order valence-corrected chi connectivity index (χ1v) is 18.1. The Labute approximate surface area is 304 Å². The Balaban J connectivity index is 1.10. The number of halogens is 1. The van der Waals surface area contributed by atoms with Gasteiger partial charge < -0.3 is 20.3 Å². The lowest BCUT2D eigenvalue weighted by molar-refractivity contribution is 0.171. The maximum atomic E-state index is 13.6. The van der Waals surface area contributed by atoms with E-state index < -0.39 is 0 Å². The molecule has 51 heavy (non-hydrogen) atoms. The standard InChI is InChI=1S/C38H38ClN7O4S/c1-38(2,3)33-21-35(46(44-33)23-12-15-30(48)28(39)20-23)41-37(49)40-29-14-16-31(26-9-5-4-8-25(26)29)50-24-13-17-34-42-43-36(45(34)22-24)27-10-6-7-11-32(27)51-19-18-47/h4-13,15,17,20-22,29,31,47-48H,14,16,18-19H2,1-3H3,(H2,40,41,49). The molecule has 4 N–H and O–H groups in total. The summed E-state index contributed by atoms with van der Waals surface area (Å²) in [6.45, 7) is 6.23. The molecule has 0 bridgehead atoms. The number of aromatic hydroxyl groups is 1. The molecule has 3 aromatic heterocycles. The van der Waals surface area contributed by atoms with Gasteiger partial charge in [-0.05, 0) is 60.4 Å². The van der Waals surface area contributed by atoms with Crippen LogP contribution in [0.3, 0.4) is 0 Å². The number of ether oxygens (including phenoxy) is 1. The predicted octanol–water partition coefficient (Wildman–Crippen LogP) is 8.10. The molecule has 11 nitrogen and oxygen atoms in total. The summed E-state index contributed by atoms with van der Waals surface area (Å²) in [5, 5.41) is 39.3. The third-order valence-electron chi connectivity index (χ3n) is 8.77. The number of hydrogen-bond donors (Lipinski definition) is 4. The van der Waals surface area contributed by atoms with Crippen LogP contribution in [0.2, 0.25) is 5.02 Å². The van der Waals surface area contributed by atoms with E-state index in [4.69, 9.17) is 21.4 Å². The van der Waals surface area contributed by atoms with E-state index in [0.29, 0.717) is 47.3 Å². The quantitative estimate of drug-likeness (QED) is 0.110. The number of aliphatic hydroxyl groups excluding tert-OH is 1. The van der Waals surface area contributed by atoms with E-state index in [1.807, 2.05) is 98.1 Å². The number of nitrogens with zero attached hydrogens (tertiary/aromatic N) is 5. The normalized spacial score (nSPS) is 15.8.